The van der Waals surface area contributed by atoms with E-state index in [4.69, 9.17) is 4.74 Å². The summed E-state index contributed by atoms with van der Waals surface area (Å²) >= 11 is 0. The van der Waals surface area contributed by atoms with Crippen LogP contribution < -0.4 is 5.32 Å². The van der Waals surface area contributed by atoms with Crippen LogP contribution in [0.2, 0.25) is 0 Å². The van der Waals surface area contributed by atoms with Crippen LogP contribution in [0.25, 0.3) is 17.0 Å². The first kappa shape index (κ1) is 19.3. The Kier molecular flexibility index (Phi) is 6.17. The Morgan fingerprint density at radius 3 is 2.57 bits per heavy atom. The van der Waals surface area contributed by atoms with Gasteiger partial charge in [-0.15, -0.1) is 0 Å². The lowest BCUT2D eigenvalue weighted by Gasteiger charge is -2.12. The Morgan fingerprint density at radius 2 is 1.82 bits per heavy atom. The zero-order valence-corrected chi connectivity index (χ0v) is 15.9. The van der Waals surface area contributed by atoms with Crippen molar-refractivity contribution in [1.29, 1.82) is 0 Å². The molecule has 2 aromatic carbocycles. The Hall–Kier alpha value is -3.47. The monoisotopic (exact) mass is 374 g/mol. The van der Waals surface area contributed by atoms with Crippen LogP contribution in [0.4, 0.5) is 5.69 Å². The molecule has 1 aromatic heterocycles. The van der Waals surface area contributed by atoms with Crippen molar-refractivity contribution >= 4 is 34.5 Å². The van der Waals surface area contributed by atoms with Crippen LogP contribution in [0.1, 0.15) is 25.1 Å². The molecule has 1 heterocycles. The molecule has 0 fully saturated rings. The fourth-order valence-electron chi connectivity index (χ4n) is 2.66. The van der Waals surface area contributed by atoms with E-state index in [-0.39, 0.29) is 5.91 Å². The molecule has 1 N–H and O–H groups in total. The molecule has 5 nitrogen and oxygen atoms in total. The van der Waals surface area contributed by atoms with Gasteiger partial charge in [0.15, 0.2) is 6.10 Å². The van der Waals surface area contributed by atoms with Crippen LogP contribution in [-0.2, 0) is 20.7 Å². The maximum Gasteiger partial charge on any atom is 0.331 e. The molecule has 3 aromatic rings. The summed E-state index contributed by atoms with van der Waals surface area (Å²) in [7, 11) is 0. The van der Waals surface area contributed by atoms with E-state index in [1.165, 1.54) is 18.6 Å². The van der Waals surface area contributed by atoms with Crippen molar-refractivity contribution in [3.05, 3.63) is 78.0 Å². The molecule has 0 bridgehead atoms. The quantitative estimate of drug-likeness (QED) is 0.513. The number of anilines is 1. The summed E-state index contributed by atoms with van der Waals surface area (Å²) in [4.78, 5) is 28.7. The molecular formula is C23H22N2O3. The summed E-state index contributed by atoms with van der Waals surface area (Å²) in [5, 5.41) is 3.77. The number of fused-ring (bicyclic) bond motifs is 1. The number of nitrogens with zero attached hydrogens (tertiary/aromatic N) is 1. The lowest BCUT2D eigenvalue weighted by molar-refractivity contribution is -0.148. The summed E-state index contributed by atoms with van der Waals surface area (Å²) in [6.45, 7) is 3.60. The molecule has 1 atom stereocenters. The molecular weight excluding hydrogens is 352 g/mol. The normalized spacial score (nSPS) is 12.1. The summed E-state index contributed by atoms with van der Waals surface area (Å²) in [6, 6.07) is 19.1. The number of carbonyl (C=O) groups is 2. The molecule has 1 unspecified atom stereocenters. The highest BCUT2D eigenvalue weighted by molar-refractivity contribution is 5.96. The molecule has 1 amide bonds. The van der Waals surface area contributed by atoms with Gasteiger partial charge in [0, 0.05) is 17.1 Å². The average Bonchev–Trinajstić information content (AvgIpc) is 2.72. The summed E-state index contributed by atoms with van der Waals surface area (Å²) in [6.07, 6.45) is 2.87. The number of ether oxygens (including phenoxy) is 1. The number of carbonyl (C=O) groups excluding carboxylic acids is 2. The van der Waals surface area contributed by atoms with E-state index in [1.807, 2.05) is 60.7 Å². The summed E-state index contributed by atoms with van der Waals surface area (Å²) in [5.41, 5.74) is 3.34. The molecule has 0 aliphatic rings. The van der Waals surface area contributed by atoms with Crippen LogP contribution in [0.5, 0.6) is 0 Å². The van der Waals surface area contributed by atoms with E-state index in [0.717, 1.165) is 17.3 Å². The van der Waals surface area contributed by atoms with Crippen LogP contribution in [0, 0.1) is 0 Å². The van der Waals surface area contributed by atoms with Gasteiger partial charge in [-0.2, -0.15) is 0 Å². The first-order valence-electron chi connectivity index (χ1n) is 9.19. The SMILES string of the molecule is CCc1ccc(NC(=O)C(C)OC(=O)C=Cc2ccc3ccccc3n2)cc1. The summed E-state index contributed by atoms with van der Waals surface area (Å²) in [5.74, 6) is -0.978. The zero-order valence-electron chi connectivity index (χ0n) is 15.9. The van der Waals surface area contributed by atoms with E-state index in [1.54, 1.807) is 6.08 Å². The number of amides is 1. The lowest BCUT2D eigenvalue weighted by Crippen LogP contribution is -2.29. The van der Waals surface area contributed by atoms with Gasteiger partial charge in [-0.3, -0.25) is 4.79 Å². The molecule has 0 saturated heterocycles. The predicted octanol–water partition coefficient (Wildman–Crippen LogP) is 4.38. The molecule has 3 rings (SSSR count). The molecule has 142 valence electrons. The van der Waals surface area contributed by atoms with Crippen molar-refractivity contribution in [2.24, 2.45) is 0 Å². The van der Waals surface area contributed by atoms with Gasteiger partial charge in [-0.05, 0) is 49.2 Å². The lowest BCUT2D eigenvalue weighted by atomic mass is 10.1. The van der Waals surface area contributed by atoms with E-state index >= 15 is 0 Å². The number of para-hydroxylation sites is 1. The Morgan fingerprint density at radius 1 is 1.07 bits per heavy atom. The molecule has 0 saturated carbocycles. The largest absolute Gasteiger partial charge is 0.449 e. The molecule has 5 heteroatoms. The van der Waals surface area contributed by atoms with Crippen molar-refractivity contribution in [2.75, 3.05) is 5.32 Å². The number of rotatable bonds is 6. The van der Waals surface area contributed by atoms with Gasteiger partial charge >= 0.3 is 5.97 Å². The minimum atomic E-state index is -0.910. The number of hydrogen-bond donors (Lipinski definition) is 1. The van der Waals surface area contributed by atoms with Gasteiger partial charge in [0.05, 0.1) is 11.2 Å². The number of nitrogens with one attached hydrogen (secondary N) is 1. The van der Waals surface area contributed by atoms with Gasteiger partial charge in [-0.25, -0.2) is 9.78 Å². The van der Waals surface area contributed by atoms with Crippen molar-refractivity contribution < 1.29 is 14.3 Å². The van der Waals surface area contributed by atoms with Gasteiger partial charge in [0.2, 0.25) is 0 Å². The van der Waals surface area contributed by atoms with Crippen molar-refractivity contribution in [3.63, 3.8) is 0 Å². The molecule has 0 radical (unpaired) electrons. The summed E-state index contributed by atoms with van der Waals surface area (Å²) < 4.78 is 5.17. The zero-order chi connectivity index (χ0) is 19.9. The third kappa shape index (κ3) is 5.04. The number of esters is 1. The highest BCUT2D eigenvalue weighted by Crippen LogP contribution is 2.13. The Labute approximate surface area is 164 Å². The Balaban J connectivity index is 1.56. The van der Waals surface area contributed by atoms with Crippen LogP contribution >= 0.6 is 0 Å². The van der Waals surface area contributed by atoms with E-state index in [9.17, 15) is 9.59 Å². The molecule has 28 heavy (non-hydrogen) atoms. The minimum Gasteiger partial charge on any atom is -0.449 e. The minimum absolute atomic E-state index is 0.380. The Bertz CT molecular complexity index is 1010. The molecule has 0 spiro atoms. The number of aryl methyl sites for hydroxylation is 1. The maximum atomic E-state index is 12.2. The van der Waals surface area contributed by atoms with Gasteiger partial charge in [0.25, 0.3) is 5.91 Å². The maximum absolute atomic E-state index is 12.2. The van der Waals surface area contributed by atoms with E-state index in [2.05, 4.69) is 17.2 Å². The number of hydrogen-bond acceptors (Lipinski definition) is 4. The van der Waals surface area contributed by atoms with Crippen molar-refractivity contribution in [3.8, 4) is 0 Å². The molecule has 0 aliphatic carbocycles. The third-order valence-electron chi connectivity index (χ3n) is 4.30. The number of aromatic nitrogens is 1. The van der Waals surface area contributed by atoms with Crippen molar-refractivity contribution in [1.82, 2.24) is 4.98 Å². The second kappa shape index (κ2) is 8.95. The number of benzene rings is 2. The smallest absolute Gasteiger partial charge is 0.331 e. The van der Waals surface area contributed by atoms with Gasteiger partial charge in [0.1, 0.15) is 0 Å². The number of pyridine rings is 1. The topological polar surface area (TPSA) is 68.3 Å². The van der Waals surface area contributed by atoms with Gasteiger partial charge < -0.3 is 10.1 Å². The van der Waals surface area contributed by atoms with Crippen LogP contribution in [0.3, 0.4) is 0 Å². The van der Waals surface area contributed by atoms with Gasteiger partial charge in [-0.1, -0.05) is 43.3 Å². The first-order valence-corrected chi connectivity index (χ1v) is 9.19. The van der Waals surface area contributed by atoms with Crippen LogP contribution in [0.15, 0.2) is 66.7 Å². The fourth-order valence-corrected chi connectivity index (χ4v) is 2.66. The second-order valence-corrected chi connectivity index (χ2v) is 6.38. The predicted molar refractivity (Wildman–Crippen MR) is 111 cm³/mol. The highest BCUT2D eigenvalue weighted by atomic mass is 16.5. The average molecular weight is 374 g/mol. The molecule has 0 aliphatic heterocycles. The first-order chi connectivity index (χ1) is 13.5. The van der Waals surface area contributed by atoms with E-state index in [0.29, 0.717) is 11.4 Å². The van der Waals surface area contributed by atoms with E-state index < -0.39 is 12.1 Å². The van der Waals surface area contributed by atoms with Crippen LogP contribution in [-0.4, -0.2) is 23.0 Å². The second-order valence-electron chi connectivity index (χ2n) is 6.38. The third-order valence-corrected chi connectivity index (χ3v) is 4.30. The van der Waals surface area contributed by atoms with Crippen molar-refractivity contribution in [2.45, 2.75) is 26.4 Å². The standard InChI is InChI=1S/C23H22N2O3/c1-3-17-8-11-20(12-9-17)25-23(27)16(2)28-22(26)15-14-19-13-10-18-6-4-5-7-21(18)24-19/h4-16H,3H2,1-2H3,(H,25,27). The fraction of sp³-hybridized carbons (Fsp3) is 0.174. The highest BCUT2D eigenvalue weighted by Gasteiger charge is 2.16.